The Balaban J connectivity index is 0.750. The van der Waals surface area contributed by atoms with E-state index in [0.717, 1.165) is 77.0 Å². The number of para-hydroxylation sites is 3. The molecule has 0 radical (unpaired) electrons. The van der Waals surface area contributed by atoms with E-state index in [2.05, 4.69) is 293 Å². The lowest BCUT2D eigenvalue weighted by Gasteiger charge is -2.13. The second-order valence-corrected chi connectivity index (χ2v) is 26.7. The van der Waals surface area contributed by atoms with E-state index in [4.69, 9.17) is 15.0 Å². The van der Waals surface area contributed by atoms with Gasteiger partial charge in [-0.1, -0.05) is 164 Å². The Morgan fingerprint density at radius 3 is 0.889 bits per heavy atom. The minimum absolute atomic E-state index is 0.536. The summed E-state index contributed by atoms with van der Waals surface area (Å²) < 4.78 is 14.6. The van der Waals surface area contributed by atoms with Crippen LogP contribution in [0.15, 0.2) is 279 Å². The lowest BCUT2D eigenvalue weighted by Crippen LogP contribution is -2.10. The summed E-state index contributed by atoms with van der Waals surface area (Å²) in [7, 11) is 0. The van der Waals surface area contributed by atoms with Crippen molar-refractivity contribution in [2.24, 2.45) is 0 Å². The highest BCUT2D eigenvalue weighted by Gasteiger charge is 2.23. The zero-order valence-electron chi connectivity index (χ0n) is 48.0. The van der Waals surface area contributed by atoms with Crippen molar-refractivity contribution in [1.29, 1.82) is 0 Å². The van der Waals surface area contributed by atoms with Gasteiger partial charge in [-0.05, 0) is 149 Å². The lowest BCUT2D eigenvalue weighted by molar-refractivity contribution is 0.893. The third kappa shape index (κ3) is 7.52. The first kappa shape index (κ1) is 50.0. The standard InChI is InChI=1S/C81H46N6S3/c1-7-19-67-55(13-1)64-41-48(51-27-35-61-58-16-4-10-22-73(58)88-76(61)44-51)30-38-70(64)85(67)54-33-25-47(26-34-54)79-82-80(86-68-20-8-2-14-56(68)65-42-49(31-39-71(65)86)52-28-36-62-59-17-5-11-23-74(59)89-77(62)45-52)84-81(83-79)87-69-21-9-3-15-57(69)66-43-50(32-40-72(66)87)53-29-37-63-60-18-6-12-24-75(60)90-78(63)46-53/h1-46H. The molecular weight excluding hydrogens is 1150 g/mol. The van der Waals surface area contributed by atoms with E-state index in [1.807, 2.05) is 34.0 Å². The molecule has 9 heteroatoms. The summed E-state index contributed by atoms with van der Waals surface area (Å²) in [4.78, 5) is 16.7. The van der Waals surface area contributed by atoms with Crippen LogP contribution in [-0.2, 0) is 0 Å². The minimum Gasteiger partial charge on any atom is -0.309 e. The molecule has 0 atom stereocenters. The van der Waals surface area contributed by atoms with E-state index in [-0.39, 0.29) is 0 Å². The van der Waals surface area contributed by atoms with Gasteiger partial charge in [0.05, 0.1) is 33.1 Å². The highest BCUT2D eigenvalue weighted by Crippen LogP contribution is 2.44. The first-order valence-corrected chi connectivity index (χ1v) is 32.7. The molecule has 0 N–H and O–H groups in total. The summed E-state index contributed by atoms with van der Waals surface area (Å²) in [6.45, 7) is 0. The van der Waals surface area contributed by atoms with E-state index in [0.29, 0.717) is 17.7 Å². The molecule has 0 fully saturated rings. The topological polar surface area (TPSA) is 53.5 Å². The number of fused-ring (bicyclic) bond motifs is 18. The van der Waals surface area contributed by atoms with Crippen LogP contribution < -0.4 is 0 Å². The maximum atomic E-state index is 5.60. The maximum absolute atomic E-state index is 5.60. The second kappa shape index (κ2) is 19.2. The van der Waals surface area contributed by atoms with Crippen LogP contribution in [0.2, 0.25) is 0 Å². The van der Waals surface area contributed by atoms with Gasteiger partial charge in [-0.2, -0.15) is 15.0 Å². The van der Waals surface area contributed by atoms with E-state index in [1.165, 1.54) is 93.5 Å². The summed E-state index contributed by atoms with van der Waals surface area (Å²) in [5.74, 6) is 1.64. The number of hydrogen-bond donors (Lipinski definition) is 0. The van der Waals surface area contributed by atoms with E-state index >= 15 is 0 Å². The smallest absolute Gasteiger partial charge is 0.240 e. The third-order valence-corrected chi connectivity index (χ3v) is 22.0. The second-order valence-electron chi connectivity index (χ2n) is 23.5. The molecule has 0 aliphatic rings. The summed E-state index contributed by atoms with van der Waals surface area (Å²) in [6, 6.07) is 102. The number of benzene rings is 13. The molecule has 0 saturated carbocycles. The highest BCUT2D eigenvalue weighted by molar-refractivity contribution is 7.26. The number of hydrogen-bond acceptors (Lipinski definition) is 6. The van der Waals surface area contributed by atoms with Crippen molar-refractivity contribution in [3.8, 4) is 62.4 Å². The maximum Gasteiger partial charge on any atom is 0.240 e. The summed E-state index contributed by atoms with van der Waals surface area (Å²) in [6.07, 6.45) is 0. The van der Waals surface area contributed by atoms with Crippen LogP contribution >= 0.6 is 34.0 Å². The number of aromatic nitrogens is 6. The molecule has 13 aromatic carbocycles. The van der Waals surface area contributed by atoms with Crippen molar-refractivity contribution in [2.45, 2.75) is 0 Å². The SMILES string of the molecule is c1ccc2c(c1)sc1cc(-c3ccc4c(c3)c3ccccc3n4-c3ccc(-c4nc(-n5c6ccccc6c6cc(-c7ccc8c(c7)sc7ccccc78)ccc65)nc(-n5c6ccccc6c6cc(-c7ccc8c(c7)sc7ccccc78)ccc65)n4)cc3)ccc12. The zero-order valence-corrected chi connectivity index (χ0v) is 50.4. The molecule has 6 nitrogen and oxygen atoms in total. The molecule has 7 aromatic heterocycles. The van der Waals surface area contributed by atoms with Crippen molar-refractivity contribution < 1.29 is 0 Å². The Bertz CT molecular complexity index is 6180. The molecule has 0 aliphatic carbocycles. The van der Waals surface area contributed by atoms with Crippen LogP contribution in [0.25, 0.3) is 188 Å². The van der Waals surface area contributed by atoms with Crippen molar-refractivity contribution in [1.82, 2.24) is 28.7 Å². The molecule has 20 aromatic rings. The largest absolute Gasteiger partial charge is 0.309 e. The fourth-order valence-corrected chi connectivity index (χ4v) is 17.8. The molecule has 0 amide bonds. The predicted molar refractivity (Wildman–Crippen MR) is 383 cm³/mol. The Morgan fingerprint density at radius 2 is 0.489 bits per heavy atom. The summed E-state index contributed by atoms with van der Waals surface area (Å²) in [5, 5.41) is 14.7. The zero-order chi connectivity index (χ0) is 58.7. The Kier molecular flexibility index (Phi) is 10.7. The summed E-state index contributed by atoms with van der Waals surface area (Å²) in [5.41, 5.74) is 15.4. The molecule has 7 heterocycles. The fourth-order valence-electron chi connectivity index (χ4n) is 14.3. The predicted octanol–water partition coefficient (Wildman–Crippen LogP) is 22.9. The van der Waals surface area contributed by atoms with E-state index in [9.17, 15) is 0 Å². The fraction of sp³-hybridized carbons (Fsp3) is 0. The number of nitrogens with zero attached hydrogens (tertiary/aromatic N) is 6. The first-order valence-electron chi connectivity index (χ1n) is 30.3. The van der Waals surface area contributed by atoms with Crippen LogP contribution in [0, 0.1) is 0 Å². The van der Waals surface area contributed by atoms with Gasteiger partial charge in [0.25, 0.3) is 0 Å². The average Bonchev–Trinajstić information content (AvgIpc) is 1.68. The van der Waals surface area contributed by atoms with Gasteiger partial charge in [0, 0.05) is 104 Å². The van der Waals surface area contributed by atoms with Crippen molar-refractivity contribution in [3.63, 3.8) is 0 Å². The van der Waals surface area contributed by atoms with Gasteiger partial charge in [-0.3, -0.25) is 9.13 Å². The van der Waals surface area contributed by atoms with Crippen molar-refractivity contribution in [2.75, 3.05) is 0 Å². The normalized spacial score (nSPS) is 12.2. The number of thiophene rings is 3. The van der Waals surface area contributed by atoms with Gasteiger partial charge in [-0.15, -0.1) is 34.0 Å². The summed E-state index contributed by atoms with van der Waals surface area (Å²) >= 11 is 5.56. The molecule has 20 rings (SSSR count). The van der Waals surface area contributed by atoms with Gasteiger partial charge in [-0.25, -0.2) is 0 Å². The Hall–Kier alpha value is -11.1. The van der Waals surface area contributed by atoms with Crippen LogP contribution in [0.5, 0.6) is 0 Å². The first-order chi connectivity index (χ1) is 44.6. The van der Waals surface area contributed by atoms with Gasteiger partial charge < -0.3 is 4.57 Å². The number of rotatable bonds is 7. The molecule has 0 saturated heterocycles. The van der Waals surface area contributed by atoms with Gasteiger partial charge in [0.2, 0.25) is 11.9 Å². The van der Waals surface area contributed by atoms with Gasteiger partial charge in [0.15, 0.2) is 5.82 Å². The average molecular weight is 1200 g/mol. The molecule has 418 valence electrons. The molecule has 0 aliphatic heterocycles. The highest BCUT2D eigenvalue weighted by atomic mass is 32.1. The monoisotopic (exact) mass is 1200 g/mol. The third-order valence-electron chi connectivity index (χ3n) is 18.5. The molecule has 0 bridgehead atoms. The van der Waals surface area contributed by atoms with Gasteiger partial charge >= 0.3 is 0 Å². The van der Waals surface area contributed by atoms with E-state index < -0.39 is 0 Å². The van der Waals surface area contributed by atoms with Crippen LogP contribution in [0.1, 0.15) is 0 Å². The van der Waals surface area contributed by atoms with E-state index in [1.54, 1.807) is 0 Å². The Morgan fingerprint density at radius 1 is 0.200 bits per heavy atom. The van der Waals surface area contributed by atoms with Crippen molar-refractivity contribution >= 4 is 160 Å². The van der Waals surface area contributed by atoms with Gasteiger partial charge in [0.1, 0.15) is 0 Å². The molecular formula is C81H46N6S3. The molecule has 0 spiro atoms. The Labute approximate surface area is 526 Å². The van der Waals surface area contributed by atoms with Crippen LogP contribution in [-0.4, -0.2) is 28.7 Å². The molecule has 90 heavy (non-hydrogen) atoms. The van der Waals surface area contributed by atoms with Crippen LogP contribution in [0.3, 0.4) is 0 Å². The van der Waals surface area contributed by atoms with Crippen LogP contribution in [0.4, 0.5) is 0 Å². The molecule has 0 unspecified atom stereocenters. The minimum atomic E-state index is 0.536. The lowest BCUT2D eigenvalue weighted by atomic mass is 10.0. The van der Waals surface area contributed by atoms with Crippen molar-refractivity contribution in [3.05, 3.63) is 279 Å². The quantitative estimate of drug-likeness (QED) is 0.160.